The van der Waals surface area contributed by atoms with Crippen LogP contribution in [0.1, 0.15) is 31.9 Å². The van der Waals surface area contributed by atoms with E-state index in [1.807, 2.05) is 6.07 Å². The Morgan fingerprint density at radius 3 is 2.31 bits per heavy atom. The molecule has 0 aromatic heterocycles. The molecule has 0 spiro atoms. The number of halogens is 3. The number of hydrogen-bond donors (Lipinski definition) is 2. The molecular formula is C11H14Br3NO. The Morgan fingerprint density at radius 1 is 1.25 bits per heavy atom. The van der Waals surface area contributed by atoms with Gasteiger partial charge < -0.3 is 10.8 Å². The Morgan fingerprint density at radius 2 is 1.81 bits per heavy atom. The van der Waals surface area contributed by atoms with E-state index in [0.717, 1.165) is 16.5 Å². The van der Waals surface area contributed by atoms with Crippen LogP contribution in [0.4, 0.5) is 0 Å². The van der Waals surface area contributed by atoms with Crippen LogP contribution in [0, 0.1) is 5.92 Å². The van der Waals surface area contributed by atoms with Crippen molar-refractivity contribution in [3.63, 3.8) is 0 Å². The predicted octanol–water partition coefficient (Wildman–Crippen LogP) is 4.73. The highest BCUT2D eigenvalue weighted by Crippen LogP contribution is 2.42. The van der Waals surface area contributed by atoms with Gasteiger partial charge in [-0.05, 0) is 50.3 Å². The lowest BCUT2D eigenvalue weighted by Crippen LogP contribution is -2.14. The van der Waals surface area contributed by atoms with Crippen molar-refractivity contribution >= 4 is 47.8 Å². The van der Waals surface area contributed by atoms with Crippen molar-refractivity contribution in [1.82, 2.24) is 0 Å². The number of rotatable bonds is 3. The second-order valence-electron chi connectivity index (χ2n) is 4.15. The Bertz CT molecular complexity index is 393. The third-order valence-corrected chi connectivity index (χ3v) is 4.34. The third-order valence-electron chi connectivity index (χ3n) is 2.28. The molecule has 0 heterocycles. The van der Waals surface area contributed by atoms with Gasteiger partial charge in [0.1, 0.15) is 5.75 Å². The first-order valence-corrected chi connectivity index (χ1v) is 7.34. The third kappa shape index (κ3) is 3.22. The van der Waals surface area contributed by atoms with E-state index in [-0.39, 0.29) is 11.8 Å². The van der Waals surface area contributed by atoms with E-state index in [0.29, 0.717) is 14.9 Å². The molecule has 16 heavy (non-hydrogen) atoms. The summed E-state index contributed by atoms with van der Waals surface area (Å²) < 4.78 is 2.20. The maximum atomic E-state index is 9.82. The molecule has 0 aliphatic carbocycles. The van der Waals surface area contributed by atoms with Gasteiger partial charge in [0.2, 0.25) is 0 Å². The van der Waals surface area contributed by atoms with E-state index >= 15 is 0 Å². The summed E-state index contributed by atoms with van der Waals surface area (Å²) in [4.78, 5) is 0. The fraction of sp³-hybridized carbons (Fsp3) is 0.455. The fourth-order valence-corrected chi connectivity index (χ4v) is 4.27. The fourth-order valence-electron chi connectivity index (χ4n) is 1.56. The van der Waals surface area contributed by atoms with Crippen LogP contribution in [0.15, 0.2) is 19.5 Å². The summed E-state index contributed by atoms with van der Waals surface area (Å²) >= 11 is 10.1. The molecular weight excluding hydrogens is 402 g/mol. The zero-order valence-electron chi connectivity index (χ0n) is 9.10. The van der Waals surface area contributed by atoms with Crippen molar-refractivity contribution in [2.24, 2.45) is 11.7 Å². The number of phenols is 1. The number of hydrogen-bond acceptors (Lipinski definition) is 2. The topological polar surface area (TPSA) is 46.2 Å². The zero-order valence-corrected chi connectivity index (χ0v) is 13.9. The normalized spacial score (nSPS) is 13.2. The molecule has 0 amide bonds. The summed E-state index contributed by atoms with van der Waals surface area (Å²) in [5.74, 6) is 0.706. The zero-order chi connectivity index (χ0) is 12.5. The molecule has 0 aliphatic rings. The van der Waals surface area contributed by atoms with Crippen LogP contribution >= 0.6 is 47.8 Å². The lowest BCUT2D eigenvalue weighted by Gasteiger charge is -2.19. The highest BCUT2D eigenvalue weighted by atomic mass is 79.9. The lowest BCUT2D eigenvalue weighted by molar-refractivity contribution is 0.461. The largest absolute Gasteiger partial charge is 0.506 e. The van der Waals surface area contributed by atoms with Crippen molar-refractivity contribution < 1.29 is 5.11 Å². The molecule has 3 N–H and O–H groups in total. The Balaban J connectivity index is 3.18. The highest BCUT2D eigenvalue weighted by molar-refractivity contribution is 9.11. The molecule has 1 aromatic rings. The number of benzene rings is 1. The molecule has 0 aliphatic heterocycles. The summed E-state index contributed by atoms with van der Waals surface area (Å²) in [6.07, 6.45) is 0.873. The molecule has 1 atom stereocenters. The quantitative estimate of drug-likeness (QED) is 0.749. The highest BCUT2D eigenvalue weighted by Gasteiger charge is 2.19. The van der Waals surface area contributed by atoms with Gasteiger partial charge in [-0.15, -0.1) is 0 Å². The smallest absolute Gasteiger partial charge is 0.144 e. The molecule has 5 heteroatoms. The molecule has 90 valence electrons. The molecule has 1 aromatic carbocycles. The van der Waals surface area contributed by atoms with Gasteiger partial charge in [-0.3, -0.25) is 0 Å². The number of phenolic OH excluding ortho intramolecular Hbond substituents is 1. The Kier molecular flexibility index (Phi) is 5.29. The SMILES string of the molecule is CC(C)C[C@@H](N)c1c(Br)cc(Br)c(O)c1Br. The van der Waals surface area contributed by atoms with Gasteiger partial charge in [-0.25, -0.2) is 0 Å². The van der Waals surface area contributed by atoms with Crippen molar-refractivity contribution in [1.29, 1.82) is 0 Å². The minimum Gasteiger partial charge on any atom is -0.506 e. The summed E-state index contributed by atoms with van der Waals surface area (Å²) in [6.45, 7) is 4.25. The minimum absolute atomic E-state index is 0.0947. The van der Waals surface area contributed by atoms with Crippen molar-refractivity contribution in [3.8, 4) is 5.75 Å². The Hall–Kier alpha value is 0.420. The van der Waals surface area contributed by atoms with Crippen molar-refractivity contribution in [2.75, 3.05) is 0 Å². The van der Waals surface area contributed by atoms with Crippen molar-refractivity contribution in [2.45, 2.75) is 26.3 Å². The van der Waals surface area contributed by atoms with Crippen LogP contribution in [0.2, 0.25) is 0 Å². The van der Waals surface area contributed by atoms with E-state index in [2.05, 4.69) is 61.6 Å². The average molecular weight is 416 g/mol. The maximum absolute atomic E-state index is 9.82. The first-order valence-electron chi connectivity index (χ1n) is 4.96. The van der Waals surface area contributed by atoms with Crippen LogP contribution in [0.25, 0.3) is 0 Å². The molecule has 0 saturated carbocycles. The van der Waals surface area contributed by atoms with E-state index < -0.39 is 0 Å². The molecule has 0 radical (unpaired) electrons. The molecule has 0 unspecified atom stereocenters. The van der Waals surface area contributed by atoms with Crippen LogP contribution in [-0.2, 0) is 0 Å². The molecule has 0 bridgehead atoms. The Labute approximate surface area is 121 Å². The first-order chi connectivity index (χ1) is 7.34. The molecule has 0 fully saturated rings. The van der Waals surface area contributed by atoms with E-state index in [4.69, 9.17) is 5.73 Å². The lowest BCUT2D eigenvalue weighted by atomic mass is 9.98. The van der Waals surface area contributed by atoms with Gasteiger partial charge in [-0.1, -0.05) is 29.8 Å². The molecule has 2 nitrogen and oxygen atoms in total. The number of aromatic hydroxyl groups is 1. The summed E-state index contributed by atoms with van der Waals surface area (Å²) in [5, 5.41) is 9.82. The molecule has 0 saturated heterocycles. The second-order valence-corrected chi connectivity index (χ2v) is 6.65. The van der Waals surface area contributed by atoms with E-state index in [9.17, 15) is 5.11 Å². The summed E-state index contributed by atoms with van der Waals surface area (Å²) in [5.41, 5.74) is 7.04. The van der Waals surface area contributed by atoms with Crippen LogP contribution in [0.3, 0.4) is 0 Å². The van der Waals surface area contributed by atoms with Gasteiger partial charge in [0.15, 0.2) is 0 Å². The maximum Gasteiger partial charge on any atom is 0.144 e. The minimum atomic E-state index is -0.0947. The second kappa shape index (κ2) is 5.85. The summed E-state index contributed by atoms with van der Waals surface area (Å²) in [6, 6.07) is 1.72. The number of nitrogens with two attached hydrogens (primary N) is 1. The van der Waals surface area contributed by atoms with Crippen LogP contribution in [0.5, 0.6) is 5.75 Å². The van der Waals surface area contributed by atoms with Gasteiger partial charge in [0, 0.05) is 16.1 Å². The van der Waals surface area contributed by atoms with Gasteiger partial charge in [0.25, 0.3) is 0 Å². The van der Waals surface area contributed by atoms with Crippen LogP contribution in [-0.4, -0.2) is 5.11 Å². The van der Waals surface area contributed by atoms with Gasteiger partial charge in [0.05, 0.1) is 8.95 Å². The standard InChI is InChI=1S/C11H14Br3NO/c1-5(2)3-8(15)9-6(12)4-7(13)11(16)10(9)14/h4-5,8,16H,3,15H2,1-2H3/t8-/m1/s1. The van der Waals surface area contributed by atoms with E-state index in [1.54, 1.807) is 0 Å². The van der Waals surface area contributed by atoms with E-state index in [1.165, 1.54) is 0 Å². The van der Waals surface area contributed by atoms with Gasteiger partial charge >= 0.3 is 0 Å². The van der Waals surface area contributed by atoms with Crippen molar-refractivity contribution in [3.05, 3.63) is 25.0 Å². The summed E-state index contributed by atoms with van der Waals surface area (Å²) in [7, 11) is 0. The van der Waals surface area contributed by atoms with Crippen LogP contribution < -0.4 is 5.73 Å². The predicted molar refractivity (Wildman–Crippen MR) is 77.6 cm³/mol. The monoisotopic (exact) mass is 413 g/mol. The first kappa shape index (κ1) is 14.5. The molecule has 1 rings (SSSR count). The average Bonchev–Trinajstić information content (AvgIpc) is 2.13. The van der Waals surface area contributed by atoms with Gasteiger partial charge in [-0.2, -0.15) is 0 Å².